The summed E-state index contributed by atoms with van der Waals surface area (Å²) in [6.07, 6.45) is 1.22. The van der Waals surface area contributed by atoms with E-state index in [1.807, 2.05) is 45.0 Å². The van der Waals surface area contributed by atoms with Gasteiger partial charge in [-0.25, -0.2) is 0 Å². The molecule has 1 aliphatic heterocycles. The van der Waals surface area contributed by atoms with Crippen molar-refractivity contribution in [3.05, 3.63) is 29.8 Å². The Labute approximate surface area is 113 Å². The zero-order chi connectivity index (χ0) is 14.0. The second-order valence-electron chi connectivity index (χ2n) is 5.06. The van der Waals surface area contributed by atoms with E-state index in [1.54, 1.807) is 4.90 Å². The molecule has 1 fully saturated rings. The summed E-state index contributed by atoms with van der Waals surface area (Å²) in [6, 6.07) is 7.69. The molecule has 0 aromatic heterocycles. The zero-order valence-electron chi connectivity index (χ0n) is 11.7. The summed E-state index contributed by atoms with van der Waals surface area (Å²) in [5.74, 6) is -0.107. The Morgan fingerprint density at radius 1 is 1.16 bits per heavy atom. The Kier molecular flexibility index (Phi) is 3.60. The molecular formula is C15H20N2O2. The van der Waals surface area contributed by atoms with Crippen LogP contribution in [0.1, 0.15) is 32.3 Å². The molecule has 2 rings (SSSR count). The maximum atomic E-state index is 12.7. The maximum absolute atomic E-state index is 12.7. The Morgan fingerprint density at radius 3 is 2.26 bits per heavy atom. The average Bonchev–Trinajstić information content (AvgIpc) is 2.42. The fourth-order valence-corrected chi connectivity index (χ4v) is 2.50. The predicted octanol–water partition coefficient (Wildman–Crippen LogP) is 2.02. The van der Waals surface area contributed by atoms with Crippen molar-refractivity contribution in [3.8, 4) is 0 Å². The minimum atomic E-state index is -0.750. The van der Waals surface area contributed by atoms with Crippen LogP contribution in [0.4, 0.5) is 5.69 Å². The molecule has 4 nitrogen and oxygen atoms in total. The molecule has 0 bridgehead atoms. The van der Waals surface area contributed by atoms with Crippen molar-refractivity contribution in [3.63, 3.8) is 0 Å². The first-order valence-electron chi connectivity index (χ1n) is 6.72. The third kappa shape index (κ3) is 2.35. The van der Waals surface area contributed by atoms with Gasteiger partial charge >= 0.3 is 0 Å². The molecule has 1 heterocycles. The van der Waals surface area contributed by atoms with Crippen LogP contribution >= 0.6 is 0 Å². The second-order valence-corrected chi connectivity index (χ2v) is 5.06. The van der Waals surface area contributed by atoms with Gasteiger partial charge in [0.2, 0.25) is 5.91 Å². The summed E-state index contributed by atoms with van der Waals surface area (Å²) >= 11 is 0. The zero-order valence-corrected chi connectivity index (χ0v) is 11.7. The van der Waals surface area contributed by atoms with Crippen molar-refractivity contribution in [1.29, 1.82) is 0 Å². The third-order valence-corrected chi connectivity index (χ3v) is 3.89. The molecule has 1 aromatic carbocycles. The lowest BCUT2D eigenvalue weighted by molar-refractivity contribution is -0.136. The number of aryl methyl sites for hydroxylation is 1. The van der Waals surface area contributed by atoms with Crippen molar-refractivity contribution in [1.82, 2.24) is 5.32 Å². The van der Waals surface area contributed by atoms with Crippen molar-refractivity contribution < 1.29 is 9.59 Å². The maximum Gasteiger partial charge on any atom is 0.253 e. The molecule has 0 radical (unpaired) electrons. The van der Waals surface area contributed by atoms with Crippen molar-refractivity contribution in [2.45, 2.75) is 39.2 Å². The largest absolute Gasteiger partial charge is 0.340 e. The summed E-state index contributed by atoms with van der Waals surface area (Å²) in [6.45, 7) is 5.96. The molecule has 0 aliphatic carbocycles. The van der Waals surface area contributed by atoms with Crippen molar-refractivity contribution >= 4 is 17.5 Å². The Hall–Kier alpha value is -1.84. The van der Waals surface area contributed by atoms with Gasteiger partial charge in [-0.1, -0.05) is 31.5 Å². The first-order chi connectivity index (χ1) is 9.02. The number of amides is 2. The lowest BCUT2D eigenvalue weighted by Crippen LogP contribution is -2.66. The van der Waals surface area contributed by atoms with Gasteiger partial charge in [0, 0.05) is 5.69 Å². The smallest absolute Gasteiger partial charge is 0.253 e. The monoisotopic (exact) mass is 260 g/mol. The van der Waals surface area contributed by atoms with E-state index < -0.39 is 5.54 Å². The Balaban J connectivity index is 2.37. The van der Waals surface area contributed by atoms with E-state index in [0.29, 0.717) is 12.8 Å². The van der Waals surface area contributed by atoms with E-state index in [2.05, 4.69) is 5.32 Å². The van der Waals surface area contributed by atoms with Crippen LogP contribution < -0.4 is 10.2 Å². The number of carbonyl (C=O) groups excluding carboxylic acids is 2. The summed E-state index contributed by atoms with van der Waals surface area (Å²) in [5.41, 5.74) is 1.17. The number of hydrogen-bond acceptors (Lipinski definition) is 2. The fraction of sp³-hybridized carbons (Fsp3) is 0.467. The van der Waals surface area contributed by atoms with Gasteiger partial charge in [-0.3, -0.25) is 9.59 Å². The van der Waals surface area contributed by atoms with Crippen molar-refractivity contribution in [2.24, 2.45) is 0 Å². The second kappa shape index (κ2) is 5.03. The highest BCUT2D eigenvalue weighted by Gasteiger charge is 2.44. The average molecular weight is 260 g/mol. The molecule has 1 aromatic rings. The molecule has 4 heteroatoms. The number of nitrogens with one attached hydrogen (secondary N) is 1. The molecule has 0 unspecified atom stereocenters. The van der Waals surface area contributed by atoms with Crippen molar-refractivity contribution in [2.75, 3.05) is 11.4 Å². The van der Waals surface area contributed by atoms with E-state index in [-0.39, 0.29) is 18.4 Å². The molecule has 0 spiro atoms. The van der Waals surface area contributed by atoms with E-state index >= 15 is 0 Å². The molecule has 1 N–H and O–H groups in total. The van der Waals surface area contributed by atoms with E-state index in [4.69, 9.17) is 0 Å². The summed E-state index contributed by atoms with van der Waals surface area (Å²) < 4.78 is 0. The number of nitrogens with zero attached hydrogens (tertiary/aromatic N) is 1. The number of benzene rings is 1. The summed E-state index contributed by atoms with van der Waals surface area (Å²) in [7, 11) is 0. The van der Waals surface area contributed by atoms with Crippen LogP contribution in [0.3, 0.4) is 0 Å². The molecule has 0 saturated carbocycles. The molecule has 102 valence electrons. The van der Waals surface area contributed by atoms with Crippen LogP contribution in [0, 0.1) is 6.92 Å². The summed E-state index contributed by atoms with van der Waals surface area (Å²) in [4.78, 5) is 26.1. The van der Waals surface area contributed by atoms with Crippen LogP contribution in [-0.4, -0.2) is 23.9 Å². The highest BCUT2D eigenvalue weighted by Crippen LogP contribution is 2.26. The van der Waals surface area contributed by atoms with Gasteiger partial charge in [0.25, 0.3) is 5.91 Å². The van der Waals surface area contributed by atoms with Crippen LogP contribution in [0.2, 0.25) is 0 Å². The van der Waals surface area contributed by atoms with Gasteiger partial charge in [-0.15, -0.1) is 0 Å². The highest BCUT2D eigenvalue weighted by atomic mass is 16.2. The van der Waals surface area contributed by atoms with Gasteiger partial charge < -0.3 is 10.2 Å². The van der Waals surface area contributed by atoms with E-state index in [1.165, 1.54) is 0 Å². The first kappa shape index (κ1) is 13.6. The van der Waals surface area contributed by atoms with Crippen LogP contribution in [0.25, 0.3) is 0 Å². The number of anilines is 1. The quantitative estimate of drug-likeness (QED) is 0.904. The van der Waals surface area contributed by atoms with Crippen LogP contribution in [0.5, 0.6) is 0 Å². The molecule has 0 atom stereocenters. The van der Waals surface area contributed by atoms with Gasteiger partial charge in [0.1, 0.15) is 12.1 Å². The van der Waals surface area contributed by atoms with Crippen LogP contribution in [0.15, 0.2) is 24.3 Å². The van der Waals surface area contributed by atoms with E-state index in [9.17, 15) is 9.59 Å². The standard InChI is InChI=1S/C15H20N2O2/c1-4-15(5-2)14(19)17(10-13(18)16-15)12-8-6-11(3)7-9-12/h6-9H,4-5,10H2,1-3H3,(H,16,18). The minimum absolute atomic E-state index is 0.0130. The Bertz CT molecular complexity index is 489. The lowest BCUT2D eigenvalue weighted by Gasteiger charge is -2.41. The molecule has 2 amide bonds. The van der Waals surface area contributed by atoms with Gasteiger partial charge in [0.05, 0.1) is 0 Å². The SMILES string of the molecule is CCC1(CC)NC(=O)CN(c2ccc(C)cc2)C1=O. The van der Waals surface area contributed by atoms with Crippen LogP contribution in [-0.2, 0) is 9.59 Å². The minimum Gasteiger partial charge on any atom is -0.340 e. The van der Waals surface area contributed by atoms with E-state index in [0.717, 1.165) is 11.3 Å². The predicted molar refractivity (Wildman–Crippen MR) is 75.0 cm³/mol. The number of carbonyl (C=O) groups is 2. The highest BCUT2D eigenvalue weighted by molar-refractivity contribution is 6.09. The van der Waals surface area contributed by atoms with Gasteiger partial charge in [-0.05, 0) is 31.9 Å². The van der Waals surface area contributed by atoms with Gasteiger partial charge in [0.15, 0.2) is 0 Å². The normalized spacial score (nSPS) is 18.4. The Morgan fingerprint density at radius 2 is 1.74 bits per heavy atom. The summed E-state index contributed by atoms with van der Waals surface area (Å²) in [5, 5.41) is 2.86. The van der Waals surface area contributed by atoms with Gasteiger partial charge in [-0.2, -0.15) is 0 Å². The molecule has 1 aliphatic rings. The third-order valence-electron chi connectivity index (χ3n) is 3.89. The first-order valence-corrected chi connectivity index (χ1v) is 6.72. The molecular weight excluding hydrogens is 240 g/mol. The topological polar surface area (TPSA) is 49.4 Å². The molecule has 1 saturated heterocycles. The number of hydrogen-bond donors (Lipinski definition) is 1. The molecule has 19 heavy (non-hydrogen) atoms. The fourth-order valence-electron chi connectivity index (χ4n) is 2.50. The number of piperazine rings is 1. The lowest BCUT2D eigenvalue weighted by atomic mass is 9.88. The number of rotatable bonds is 3.